The van der Waals surface area contributed by atoms with Gasteiger partial charge in [0.05, 0.1) is 55.3 Å². The molecule has 0 spiro atoms. The Bertz CT molecular complexity index is 4140. The van der Waals surface area contributed by atoms with E-state index in [9.17, 15) is 72.9 Å². The second kappa shape index (κ2) is 34.5. The number of carboxylic acid groups (broad SMARTS) is 6. The number of nitrogens with one attached hydrogen (secondary N) is 9. The Hall–Kier alpha value is -12.3. The van der Waals surface area contributed by atoms with Crippen molar-refractivity contribution in [2.45, 2.75) is 76.3 Å². The van der Waals surface area contributed by atoms with Crippen molar-refractivity contribution >= 4 is 122 Å². The molecule has 0 saturated heterocycles. The third kappa shape index (κ3) is 22.2. The van der Waals surface area contributed by atoms with Gasteiger partial charge in [-0.2, -0.15) is 15.0 Å². The van der Waals surface area contributed by atoms with Crippen molar-refractivity contribution in [1.82, 2.24) is 75.8 Å². The fourth-order valence-electron chi connectivity index (χ4n) is 8.25. The maximum absolute atomic E-state index is 12.3. The molecular formula is C57H54GdN21O18. The van der Waals surface area contributed by atoms with E-state index in [1.807, 2.05) is 0 Å². The molecule has 6 aromatic heterocycles. The molecule has 3 aromatic carbocycles. The topological polar surface area (TPSA) is 648 Å². The summed E-state index contributed by atoms with van der Waals surface area (Å²) in [4.78, 5) is 181. The summed E-state index contributed by atoms with van der Waals surface area (Å²) >= 11 is 0. The average Bonchev–Trinajstić information content (AvgIpc) is 0.854. The van der Waals surface area contributed by atoms with Crippen molar-refractivity contribution in [3.8, 4) is 0 Å². The van der Waals surface area contributed by atoms with Gasteiger partial charge < -0.3 is 94.1 Å². The number of amides is 3. The molecule has 6 heterocycles. The Balaban J connectivity index is 0.000000229. The molecule has 0 aliphatic rings. The van der Waals surface area contributed by atoms with Crippen LogP contribution in [0, 0.1) is 39.9 Å². The Morgan fingerprint density at radius 3 is 0.856 bits per heavy atom. The molecule has 0 unspecified atom stereocenters. The van der Waals surface area contributed by atoms with Gasteiger partial charge in [0.1, 0.15) is 18.1 Å². The zero-order valence-electron chi connectivity index (χ0n) is 49.8. The van der Waals surface area contributed by atoms with Gasteiger partial charge in [-0.05, 0) is 111 Å². The van der Waals surface area contributed by atoms with Crippen molar-refractivity contribution in [2.75, 3.05) is 33.2 Å². The minimum absolute atomic E-state index is 0. The van der Waals surface area contributed by atoms with Crippen molar-refractivity contribution < 1.29 is 114 Å². The normalized spacial score (nSPS) is 11.5. The number of carbonyl (C=O) groups is 9. The number of H-pyrrole nitrogens is 3. The van der Waals surface area contributed by atoms with Crippen LogP contribution in [-0.4, -0.2) is 147 Å². The smallest absolute Gasteiger partial charge is 0.550 e. The van der Waals surface area contributed by atoms with E-state index < -0.39 is 108 Å². The van der Waals surface area contributed by atoms with Crippen LogP contribution in [0.3, 0.4) is 0 Å². The van der Waals surface area contributed by atoms with Crippen LogP contribution in [0.1, 0.15) is 86.7 Å². The van der Waals surface area contributed by atoms with E-state index in [1.165, 1.54) is 55.0 Å². The molecule has 503 valence electrons. The van der Waals surface area contributed by atoms with Gasteiger partial charge in [0.25, 0.3) is 34.4 Å². The maximum Gasteiger partial charge on any atom is 3.00 e. The first-order valence-corrected chi connectivity index (χ1v) is 27.9. The molecule has 0 bridgehead atoms. The van der Waals surface area contributed by atoms with E-state index in [-0.39, 0.29) is 147 Å². The van der Waals surface area contributed by atoms with Gasteiger partial charge in [-0.3, -0.25) is 43.7 Å². The number of rotatable bonds is 27. The summed E-state index contributed by atoms with van der Waals surface area (Å²) in [5.74, 6) is -10.4. The number of aromatic amines is 3. The molecule has 3 amide bonds. The number of nitrogen functional groups attached to an aromatic ring is 3. The van der Waals surface area contributed by atoms with Crippen LogP contribution in [-0.2, 0) is 48.4 Å². The Morgan fingerprint density at radius 1 is 0.402 bits per heavy atom. The fourth-order valence-corrected chi connectivity index (χ4v) is 8.25. The van der Waals surface area contributed by atoms with Gasteiger partial charge >= 0.3 is 57.8 Å². The number of carbonyl (C=O) groups excluding carboxylic acids is 6. The molecule has 0 aliphatic carbocycles. The molecular weight excluding hydrogens is 1420 g/mol. The molecule has 9 aromatic rings. The molecule has 0 aliphatic heterocycles. The van der Waals surface area contributed by atoms with Crippen molar-refractivity contribution in [2.24, 2.45) is 0 Å². The summed E-state index contributed by atoms with van der Waals surface area (Å²) in [6.45, 7) is 0.674. The quantitative estimate of drug-likeness (QED) is 0.0232. The molecule has 18 N–H and O–H groups in total. The third-order valence-electron chi connectivity index (χ3n) is 13.0. The molecule has 40 heteroatoms. The predicted octanol–water partition coefficient (Wildman–Crippen LogP) is -4.14. The number of nitrogens with two attached hydrogens (primary N) is 3. The minimum atomic E-state index is -1.40. The number of fused-ring (bicyclic) bond motifs is 3. The number of nitrogens with zero attached hydrogens (tertiary/aromatic N) is 9. The number of carboxylic acids is 6. The van der Waals surface area contributed by atoms with Crippen LogP contribution in [0.5, 0.6) is 0 Å². The van der Waals surface area contributed by atoms with E-state index in [0.717, 1.165) is 0 Å². The van der Waals surface area contributed by atoms with E-state index in [0.29, 0.717) is 34.1 Å². The number of aliphatic carboxylic acids is 6. The summed E-state index contributed by atoms with van der Waals surface area (Å²) in [5.41, 5.74) is 19.3. The van der Waals surface area contributed by atoms with Gasteiger partial charge in [-0.25, -0.2) is 44.3 Å². The second-order valence-electron chi connectivity index (χ2n) is 20.1. The van der Waals surface area contributed by atoms with E-state index in [2.05, 4.69) is 91.7 Å². The van der Waals surface area contributed by atoms with Crippen molar-refractivity contribution in [1.29, 1.82) is 0 Å². The number of aromatic nitrogens is 12. The molecule has 1 radical (unpaired) electrons. The van der Waals surface area contributed by atoms with Crippen LogP contribution in [0.25, 0.3) is 33.5 Å². The SMILES string of the molecule is Nc1nc2ncc(CNc3ccc(C(=O)N[C@@H](CCC(=O)[O-])C(=O)O)cc3)nc2c(=O)[nH]1.Nc1nc2ncc(CNc3ccc(C(=O)N[C@@H](CCC(=O)[O-])C(=O)O)cc3)nc2c(=O)[nH]1.Nc1nc2ncc(CNc3ccc(C(=O)N[C@@H](CCC(=O)[O-])C(=O)O)cc3)nc2c(=O)[nH]1.[Gd+3]. The van der Waals surface area contributed by atoms with Gasteiger partial charge in [0.2, 0.25) is 17.8 Å². The Morgan fingerprint density at radius 2 is 0.639 bits per heavy atom. The molecule has 97 heavy (non-hydrogen) atoms. The van der Waals surface area contributed by atoms with E-state index >= 15 is 0 Å². The van der Waals surface area contributed by atoms with E-state index in [1.54, 1.807) is 36.4 Å². The number of anilines is 6. The molecule has 0 saturated carbocycles. The third-order valence-corrected chi connectivity index (χ3v) is 13.0. The Kier molecular flexibility index (Phi) is 26.3. The fraction of sp³-hybridized carbons (Fsp3) is 0.211. The van der Waals surface area contributed by atoms with E-state index in [4.69, 9.17) is 32.5 Å². The van der Waals surface area contributed by atoms with Gasteiger partial charge in [-0.1, -0.05) is 0 Å². The summed E-state index contributed by atoms with van der Waals surface area (Å²) in [5, 5.41) is 74.9. The largest absolute Gasteiger partial charge is 3.00 e. The zero-order valence-corrected chi connectivity index (χ0v) is 52.1. The maximum atomic E-state index is 12.3. The minimum Gasteiger partial charge on any atom is -0.550 e. The van der Waals surface area contributed by atoms with Crippen molar-refractivity contribution in [3.63, 3.8) is 0 Å². The molecule has 3 atom stereocenters. The van der Waals surface area contributed by atoms with Crippen LogP contribution in [0.2, 0.25) is 0 Å². The molecule has 0 fully saturated rings. The average molecular weight is 1480 g/mol. The predicted molar refractivity (Wildman–Crippen MR) is 328 cm³/mol. The summed E-state index contributed by atoms with van der Waals surface area (Å²) in [6.07, 6.45) is 1.99. The Labute approximate surface area is 573 Å². The first kappa shape index (κ1) is 73.7. The number of benzene rings is 3. The number of hydrogen-bond donors (Lipinski definition) is 15. The van der Waals surface area contributed by atoms with Crippen LogP contribution >= 0.6 is 0 Å². The van der Waals surface area contributed by atoms with Crippen LogP contribution in [0.15, 0.2) is 106 Å². The summed E-state index contributed by atoms with van der Waals surface area (Å²) < 4.78 is 0. The first-order valence-electron chi connectivity index (χ1n) is 27.9. The molecule has 39 nitrogen and oxygen atoms in total. The standard InChI is InChI=1S/3C19H19N7O6.Gd/c3*20-19-25-15-14(17(30)26-19)23-11(8-22-15)7-21-10-3-1-9(2-4-10)16(29)24-12(18(31)32)5-6-13(27)28;/h3*1-4,8,12,21H,5-7H2,(H,24,29)(H,27,28)(H,31,32)(H3,20,22,25,26,30);/q;;;+3/p-3/t3*12-;/m000./s1. The summed E-state index contributed by atoms with van der Waals surface area (Å²) in [6, 6.07) is 14.3. The number of hydrogen-bond acceptors (Lipinski definition) is 30. The van der Waals surface area contributed by atoms with Gasteiger partial charge in [0, 0.05) is 51.7 Å². The van der Waals surface area contributed by atoms with Crippen LogP contribution in [0.4, 0.5) is 34.9 Å². The van der Waals surface area contributed by atoms with Gasteiger partial charge in [0.15, 0.2) is 33.5 Å². The van der Waals surface area contributed by atoms with Gasteiger partial charge in [-0.15, -0.1) is 0 Å². The summed E-state index contributed by atoms with van der Waals surface area (Å²) in [7, 11) is 0. The molecule has 9 rings (SSSR count). The van der Waals surface area contributed by atoms with Crippen molar-refractivity contribution in [3.05, 3.63) is 156 Å². The monoisotopic (exact) mass is 1480 g/mol. The second-order valence-corrected chi connectivity index (χ2v) is 20.1. The zero-order chi connectivity index (χ0) is 69.8. The van der Waals surface area contributed by atoms with Crippen LogP contribution < -0.4 is 81.1 Å². The first-order chi connectivity index (χ1) is 45.7.